The van der Waals surface area contributed by atoms with E-state index in [2.05, 4.69) is 43.5 Å². The summed E-state index contributed by atoms with van der Waals surface area (Å²) in [6, 6.07) is -0.543. The monoisotopic (exact) mass is 888 g/mol. The van der Waals surface area contributed by atoms with E-state index in [0.29, 0.717) is 25.9 Å². The number of nitrogens with one attached hydrogen (secondary N) is 1. The van der Waals surface area contributed by atoms with E-state index in [1.807, 2.05) is 0 Å². The highest BCUT2D eigenvalue weighted by molar-refractivity contribution is 5.76. The largest absolute Gasteiger partial charge is 0.466 e. The number of aliphatic hydroxyl groups excluding tert-OH is 2. The van der Waals surface area contributed by atoms with Crippen molar-refractivity contribution >= 4 is 11.9 Å². The van der Waals surface area contributed by atoms with Gasteiger partial charge in [-0.15, -0.1) is 0 Å². The van der Waals surface area contributed by atoms with E-state index in [-0.39, 0.29) is 18.5 Å². The van der Waals surface area contributed by atoms with Crippen LogP contribution in [-0.4, -0.2) is 47.4 Å². The number of hydrogen-bond donors (Lipinski definition) is 3. The zero-order valence-corrected chi connectivity index (χ0v) is 42.3. The van der Waals surface area contributed by atoms with Crippen molar-refractivity contribution in [3.8, 4) is 0 Å². The summed E-state index contributed by atoms with van der Waals surface area (Å²) in [5.74, 6) is -0.0402. The first kappa shape index (κ1) is 61.3. The Morgan fingerprint density at radius 3 is 1.24 bits per heavy atom. The van der Waals surface area contributed by atoms with Gasteiger partial charge in [0.05, 0.1) is 25.4 Å². The highest BCUT2D eigenvalue weighted by Crippen LogP contribution is 2.17. The molecule has 63 heavy (non-hydrogen) atoms. The zero-order valence-electron chi connectivity index (χ0n) is 42.3. The molecule has 0 saturated carbocycles. The minimum Gasteiger partial charge on any atom is -0.466 e. The fraction of sp³-hybridized carbons (Fsp3) is 0.895. The van der Waals surface area contributed by atoms with Crippen LogP contribution in [0.3, 0.4) is 0 Å². The number of ether oxygens (including phenoxy) is 1. The molecule has 0 fully saturated rings. The molecule has 1 amide bonds. The summed E-state index contributed by atoms with van der Waals surface area (Å²) >= 11 is 0. The number of esters is 1. The van der Waals surface area contributed by atoms with Crippen LogP contribution in [0.2, 0.25) is 0 Å². The first-order valence-electron chi connectivity index (χ1n) is 28.1. The van der Waals surface area contributed by atoms with Gasteiger partial charge in [0.1, 0.15) is 0 Å². The average molecular weight is 889 g/mol. The molecule has 3 N–H and O–H groups in total. The second kappa shape index (κ2) is 53.0. The molecular formula is C57H109NO5. The van der Waals surface area contributed by atoms with Crippen LogP contribution >= 0.6 is 0 Å². The Morgan fingerprint density at radius 2 is 0.794 bits per heavy atom. The predicted molar refractivity (Wildman–Crippen MR) is 273 cm³/mol. The molecule has 6 nitrogen and oxygen atoms in total. The summed E-state index contributed by atoms with van der Waals surface area (Å²) in [6.45, 7) is 4.91. The topological polar surface area (TPSA) is 95.9 Å². The summed E-state index contributed by atoms with van der Waals surface area (Å²) in [6.07, 6.45) is 63.0. The molecule has 2 unspecified atom stereocenters. The lowest BCUT2D eigenvalue weighted by Crippen LogP contribution is -2.45. The number of carbonyl (C=O) groups excluding carboxylic acids is 2. The highest BCUT2D eigenvalue weighted by atomic mass is 16.5. The van der Waals surface area contributed by atoms with Crippen molar-refractivity contribution < 1.29 is 24.5 Å². The third-order valence-corrected chi connectivity index (χ3v) is 13.0. The number of carbonyl (C=O) groups is 2. The Balaban J connectivity index is 3.39. The summed E-state index contributed by atoms with van der Waals surface area (Å²) in [7, 11) is 0. The van der Waals surface area contributed by atoms with Crippen molar-refractivity contribution in [2.24, 2.45) is 0 Å². The maximum absolute atomic E-state index is 12.4. The molecule has 0 bridgehead atoms. The molecule has 0 aromatic carbocycles. The maximum atomic E-state index is 12.4. The van der Waals surface area contributed by atoms with Crippen LogP contribution in [0.4, 0.5) is 0 Å². The van der Waals surface area contributed by atoms with Crippen molar-refractivity contribution in [3.05, 3.63) is 24.3 Å². The predicted octanol–water partition coefficient (Wildman–Crippen LogP) is 17.1. The molecule has 0 aliphatic carbocycles. The van der Waals surface area contributed by atoms with Crippen molar-refractivity contribution in [1.82, 2.24) is 5.32 Å². The maximum Gasteiger partial charge on any atom is 0.305 e. The van der Waals surface area contributed by atoms with Crippen molar-refractivity contribution in [2.45, 2.75) is 315 Å². The Morgan fingerprint density at radius 1 is 0.444 bits per heavy atom. The van der Waals surface area contributed by atoms with E-state index in [9.17, 15) is 19.8 Å². The molecule has 0 aliphatic heterocycles. The van der Waals surface area contributed by atoms with E-state index < -0.39 is 12.1 Å². The van der Waals surface area contributed by atoms with Crippen molar-refractivity contribution in [2.75, 3.05) is 13.2 Å². The van der Waals surface area contributed by atoms with Gasteiger partial charge in [0.15, 0.2) is 0 Å². The van der Waals surface area contributed by atoms with Crippen LogP contribution in [0.15, 0.2) is 24.3 Å². The lowest BCUT2D eigenvalue weighted by atomic mass is 10.0. The molecule has 0 aliphatic rings. The normalized spacial score (nSPS) is 12.8. The van der Waals surface area contributed by atoms with Crippen molar-refractivity contribution in [1.29, 1.82) is 0 Å². The summed E-state index contributed by atoms with van der Waals surface area (Å²) in [5, 5.41) is 23.2. The van der Waals surface area contributed by atoms with Crippen LogP contribution < -0.4 is 5.32 Å². The van der Waals surface area contributed by atoms with E-state index in [1.165, 1.54) is 218 Å². The SMILES string of the molecule is CCCCC/C=C\C/C=C\CCCCCCCCCC(=O)OCCCCCCCCCCCCCCCCCCCCC(=O)NC(CO)C(O)CCCCCCCCCCCCC. The number of hydrogen-bond acceptors (Lipinski definition) is 5. The van der Waals surface area contributed by atoms with Gasteiger partial charge in [-0.3, -0.25) is 9.59 Å². The van der Waals surface area contributed by atoms with E-state index in [1.54, 1.807) is 0 Å². The molecule has 0 aromatic heterocycles. The second-order valence-corrected chi connectivity index (χ2v) is 19.3. The molecule has 6 heteroatoms. The summed E-state index contributed by atoms with van der Waals surface area (Å²) in [5.41, 5.74) is 0. The second-order valence-electron chi connectivity index (χ2n) is 19.3. The van der Waals surface area contributed by atoms with Gasteiger partial charge in [-0.25, -0.2) is 0 Å². The smallest absolute Gasteiger partial charge is 0.305 e. The summed E-state index contributed by atoms with van der Waals surface area (Å²) in [4.78, 5) is 24.5. The Hall–Kier alpha value is -1.66. The molecule has 0 radical (unpaired) electrons. The third-order valence-electron chi connectivity index (χ3n) is 13.0. The molecule has 2 atom stereocenters. The minimum absolute atomic E-state index is 0.000432. The van der Waals surface area contributed by atoms with Gasteiger partial charge < -0.3 is 20.3 Å². The van der Waals surface area contributed by atoms with Crippen LogP contribution in [0.1, 0.15) is 303 Å². The number of amides is 1. The summed E-state index contributed by atoms with van der Waals surface area (Å²) < 4.78 is 5.48. The average Bonchev–Trinajstić information content (AvgIpc) is 3.28. The minimum atomic E-state index is -0.665. The molecule has 372 valence electrons. The molecule has 0 heterocycles. The van der Waals surface area contributed by atoms with Gasteiger partial charge >= 0.3 is 5.97 Å². The molecular weight excluding hydrogens is 779 g/mol. The third kappa shape index (κ3) is 49.6. The van der Waals surface area contributed by atoms with Gasteiger partial charge in [-0.1, -0.05) is 256 Å². The highest BCUT2D eigenvalue weighted by Gasteiger charge is 2.20. The van der Waals surface area contributed by atoms with Crippen molar-refractivity contribution in [3.63, 3.8) is 0 Å². The molecule has 0 saturated heterocycles. The van der Waals surface area contributed by atoms with Gasteiger partial charge in [-0.2, -0.15) is 0 Å². The lowest BCUT2D eigenvalue weighted by Gasteiger charge is -2.22. The number of unbranched alkanes of at least 4 members (excludes halogenated alkanes) is 37. The number of allylic oxidation sites excluding steroid dienone is 4. The Labute approximate surface area is 392 Å². The van der Waals surface area contributed by atoms with Gasteiger partial charge in [0.2, 0.25) is 5.91 Å². The van der Waals surface area contributed by atoms with E-state index in [0.717, 1.165) is 51.4 Å². The molecule has 0 aromatic rings. The van der Waals surface area contributed by atoms with Crippen LogP contribution in [0.25, 0.3) is 0 Å². The Bertz CT molecular complexity index is 982. The van der Waals surface area contributed by atoms with Crippen LogP contribution in [-0.2, 0) is 14.3 Å². The number of rotatable bonds is 52. The van der Waals surface area contributed by atoms with E-state index in [4.69, 9.17) is 4.74 Å². The molecule has 0 rings (SSSR count). The zero-order chi connectivity index (χ0) is 45.8. The van der Waals surface area contributed by atoms with Gasteiger partial charge in [0.25, 0.3) is 0 Å². The van der Waals surface area contributed by atoms with Gasteiger partial charge in [0, 0.05) is 12.8 Å². The lowest BCUT2D eigenvalue weighted by molar-refractivity contribution is -0.143. The first-order chi connectivity index (χ1) is 31.0. The number of aliphatic hydroxyl groups is 2. The molecule has 0 spiro atoms. The quantitative estimate of drug-likeness (QED) is 0.0321. The standard InChI is InChI=1S/C57H109NO5/c1-3-5-7-9-11-13-15-16-17-20-24-27-31-35-39-43-47-51-57(62)63-52-48-44-40-36-32-28-25-22-19-18-21-23-26-30-34-38-42-46-50-56(61)58-54(53-59)55(60)49-45-41-37-33-29-14-12-10-8-6-4-2/h11,13,16-17,54-55,59-60H,3-10,12,14-15,18-53H2,1-2H3,(H,58,61)/b13-11-,17-16-. The fourth-order valence-electron chi connectivity index (χ4n) is 8.67. The van der Waals surface area contributed by atoms with Gasteiger partial charge in [-0.05, 0) is 57.8 Å². The van der Waals surface area contributed by atoms with E-state index >= 15 is 0 Å². The Kier molecular flexibility index (Phi) is 51.6. The fourth-order valence-corrected chi connectivity index (χ4v) is 8.67. The van der Waals surface area contributed by atoms with Crippen LogP contribution in [0.5, 0.6) is 0 Å². The first-order valence-corrected chi connectivity index (χ1v) is 28.1. The van der Waals surface area contributed by atoms with Crippen LogP contribution in [0, 0.1) is 0 Å².